The Balaban J connectivity index is 3.19. The molecule has 0 aliphatic rings. The second-order valence-corrected chi connectivity index (χ2v) is 1.85. The second kappa shape index (κ2) is 2.43. The molecule has 4 heteroatoms. The Morgan fingerprint density at radius 2 is 2.30 bits per heavy atom. The first-order chi connectivity index (χ1) is 4.72. The number of hydrogen-bond acceptors (Lipinski definition) is 3. The molecule has 0 aromatic carbocycles. The van der Waals surface area contributed by atoms with Gasteiger partial charge in [-0.15, -0.1) is 0 Å². The number of nitrogens with one attached hydrogen (secondary N) is 1. The number of rotatable bonds is 1. The third-order valence-electron chi connectivity index (χ3n) is 1.06. The molecule has 1 heterocycles. The van der Waals surface area contributed by atoms with Crippen LogP contribution >= 0.6 is 0 Å². The number of hydrogen-bond donors (Lipinski definition) is 2. The minimum Gasteiger partial charge on any atom is -0.482 e. The lowest BCUT2D eigenvalue weighted by atomic mass is 10.4. The number of methoxy groups -OCH3 is 1. The molecule has 0 saturated heterocycles. The molecule has 0 fully saturated rings. The van der Waals surface area contributed by atoms with Crippen molar-refractivity contribution in [2.45, 2.75) is 0 Å². The van der Waals surface area contributed by atoms with E-state index in [4.69, 9.17) is 10.5 Å². The van der Waals surface area contributed by atoms with Crippen molar-refractivity contribution in [2.24, 2.45) is 0 Å². The zero-order valence-corrected chi connectivity index (χ0v) is 5.55. The lowest BCUT2D eigenvalue weighted by Crippen LogP contribution is -2.06. The number of anilines is 1. The maximum absolute atomic E-state index is 10.7. The lowest BCUT2D eigenvalue weighted by Gasteiger charge is -1.97. The first-order valence-electron chi connectivity index (χ1n) is 2.76. The van der Waals surface area contributed by atoms with E-state index in [0.717, 1.165) is 0 Å². The molecule has 0 atom stereocenters. The van der Waals surface area contributed by atoms with Crippen LogP contribution in [-0.4, -0.2) is 12.1 Å². The molecule has 10 heavy (non-hydrogen) atoms. The Morgan fingerprint density at radius 3 is 2.80 bits per heavy atom. The molecule has 3 N–H and O–H groups in total. The van der Waals surface area contributed by atoms with Crippen LogP contribution in [0.1, 0.15) is 0 Å². The number of pyridine rings is 1. The van der Waals surface area contributed by atoms with Crippen molar-refractivity contribution in [2.75, 3.05) is 12.8 Å². The fourth-order valence-electron chi connectivity index (χ4n) is 0.648. The highest BCUT2D eigenvalue weighted by atomic mass is 16.5. The molecule has 54 valence electrons. The molecule has 0 bridgehead atoms. The molecular weight excluding hydrogens is 132 g/mol. The van der Waals surface area contributed by atoms with Gasteiger partial charge in [0.1, 0.15) is 0 Å². The minimum atomic E-state index is -0.253. The van der Waals surface area contributed by atoms with Crippen molar-refractivity contribution >= 4 is 5.69 Å². The van der Waals surface area contributed by atoms with Crippen molar-refractivity contribution in [1.82, 2.24) is 4.98 Å². The fourth-order valence-corrected chi connectivity index (χ4v) is 0.648. The van der Waals surface area contributed by atoms with Crippen molar-refractivity contribution in [1.29, 1.82) is 0 Å². The average Bonchev–Trinajstić information content (AvgIpc) is 1.85. The molecule has 4 nitrogen and oxygen atoms in total. The monoisotopic (exact) mass is 140 g/mol. The third-order valence-corrected chi connectivity index (χ3v) is 1.06. The third kappa shape index (κ3) is 1.28. The second-order valence-electron chi connectivity index (χ2n) is 1.85. The standard InChI is InChI=1S/C6H8N2O2/c1-10-6-3-4(7)2-5(9)8-6/h2-3H,1H3,(H3,7,8,9). The van der Waals surface area contributed by atoms with Crippen LogP contribution in [0.3, 0.4) is 0 Å². The van der Waals surface area contributed by atoms with Crippen molar-refractivity contribution in [3.8, 4) is 5.88 Å². The highest BCUT2D eigenvalue weighted by Gasteiger charge is 1.92. The van der Waals surface area contributed by atoms with E-state index in [1.165, 1.54) is 13.2 Å². The molecular formula is C6H8N2O2. The largest absolute Gasteiger partial charge is 0.482 e. The van der Waals surface area contributed by atoms with Crippen LogP contribution < -0.4 is 16.0 Å². The smallest absolute Gasteiger partial charge is 0.252 e. The molecule has 0 aliphatic carbocycles. The van der Waals surface area contributed by atoms with Gasteiger partial charge in [-0.2, -0.15) is 0 Å². The molecule has 0 amide bonds. The molecule has 0 saturated carbocycles. The van der Waals surface area contributed by atoms with Gasteiger partial charge in [0.25, 0.3) is 5.56 Å². The quantitative estimate of drug-likeness (QED) is 0.575. The van der Waals surface area contributed by atoms with Gasteiger partial charge in [0, 0.05) is 17.8 Å². The molecule has 0 radical (unpaired) electrons. The van der Waals surface area contributed by atoms with Crippen LogP contribution in [0.15, 0.2) is 16.9 Å². The molecule has 1 rings (SSSR count). The Morgan fingerprint density at radius 1 is 1.60 bits per heavy atom. The normalized spacial score (nSPS) is 9.30. The summed E-state index contributed by atoms with van der Waals surface area (Å²) in [7, 11) is 1.46. The van der Waals surface area contributed by atoms with Gasteiger partial charge in [-0.25, -0.2) is 0 Å². The Bertz CT molecular complexity index is 279. The van der Waals surface area contributed by atoms with E-state index in [0.29, 0.717) is 11.6 Å². The lowest BCUT2D eigenvalue weighted by molar-refractivity contribution is 0.397. The molecule has 0 spiro atoms. The predicted molar refractivity (Wildman–Crippen MR) is 38.0 cm³/mol. The van der Waals surface area contributed by atoms with Crippen LogP contribution in [0.2, 0.25) is 0 Å². The van der Waals surface area contributed by atoms with E-state index in [2.05, 4.69) is 4.98 Å². The summed E-state index contributed by atoms with van der Waals surface area (Å²) in [6.07, 6.45) is 0. The maximum atomic E-state index is 10.7. The predicted octanol–water partition coefficient (Wildman–Crippen LogP) is -0.0343. The van der Waals surface area contributed by atoms with Gasteiger partial charge in [-0.05, 0) is 0 Å². The van der Waals surface area contributed by atoms with Crippen LogP contribution in [0.4, 0.5) is 5.69 Å². The van der Waals surface area contributed by atoms with E-state index in [9.17, 15) is 4.79 Å². The zero-order valence-electron chi connectivity index (χ0n) is 5.55. The molecule has 0 aliphatic heterocycles. The first kappa shape index (κ1) is 6.67. The summed E-state index contributed by atoms with van der Waals surface area (Å²) in [6, 6.07) is 2.84. The average molecular weight is 140 g/mol. The molecule has 1 aromatic rings. The minimum absolute atomic E-state index is 0.253. The highest BCUT2D eigenvalue weighted by Crippen LogP contribution is 2.05. The van der Waals surface area contributed by atoms with Gasteiger partial charge in [-0.3, -0.25) is 9.78 Å². The van der Waals surface area contributed by atoms with Crippen LogP contribution in [0, 0.1) is 0 Å². The number of H-pyrrole nitrogens is 1. The summed E-state index contributed by atoms with van der Waals surface area (Å²) in [5.74, 6) is 0.380. The van der Waals surface area contributed by atoms with Crippen LogP contribution in [0.25, 0.3) is 0 Å². The highest BCUT2D eigenvalue weighted by molar-refractivity contribution is 5.39. The molecule has 1 aromatic heterocycles. The summed E-state index contributed by atoms with van der Waals surface area (Å²) >= 11 is 0. The van der Waals surface area contributed by atoms with Gasteiger partial charge in [0.2, 0.25) is 0 Å². The maximum Gasteiger partial charge on any atom is 0.252 e. The summed E-state index contributed by atoms with van der Waals surface area (Å²) in [5.41, 5.74) is 5.49. The Kier molecular flexibility index (Phi) is 1.62. The van der Waals surface area contributed by atoms with E-state index < -0.39 is 0 Å². The molecule has 0 unspecified atom stereocenters. The van der Waals surface area contributed by atoms with Crippen molar-refractivity contribution in [3.05, 3.63) is 22.5 Å². The number of ether oxygens (including phenoxy) is 1. The summed E-state index contributed by atoms with van der Waals surface area (Å²) < 4.78 is 4.74. The number of aromatic nitrogens is 1. The Labute approximate surface area is 57.6 Å². The topological polar surface area (TPSA) is 68.1 Å². The summed E-state index contributed by atoms with van der Waals surface area (Å²) in [6.45, 7) is 0. The fraction of sp³-hybridized carbons (Fsp3) is 0.167. The van der Waals surface area contributed by atoms with Gasteiger partial charge in [0.05, 0.1) is 7.11 Å². The van der Waals surface area contributed by atoms with E-state index >= 15 is 0 Å². The summed E-state index contributed by atoms with van der Waals surface area (Å²) in [4.78, 5) is 13.1. The van der Waals surface area contributed by atoms with E-state index in [-0.39, 0.29) is 5.56 Å². The van der Waals surface area contributed by atoms with Gasteiger partial charge in [0.15, 0.2) is 5.88 Å². The first-order valence-corrected chi connectivity index (χ1v) is 2.76. The van der Waals surface area contributed by atoms with Gasteiger partial charge >= 0.3 is 0 Å². The zero-order chi connectivity index (χ0) is 7.56. The number of nitrogens with two attached hydrogens (primary N) is 1. The van der Waals surface area contributed by atoms with Crippen LogP contribution in [-0.2, 0) is 0 Å². The SMILES string of the molecule is COc1cc(N)cc(=O)[nH]1. The number of nitrogen functional groups attached to an aromatic ring is 1. The number of aromatic amines is 1. The van der Waals surface area contributed by atoms with Gasteiger partial charge < -0.3 is 10.5 Å². The summed E-state index contributed by atoms with van der Waals surface area (Å²) in [5, 5.41) is 0. The van der Waals surface area contributed by atoms with E-state index in [1.807, 2.05) is 0 Å². The van der Waals surface area contributed by atoms with Crippen molar-refractivity contribution < 1.29 is 4.74 Å². The van der Waals surface area contributed by atoms with E-state index in [1.54, 1.807) is 6.07 Å². The Hall–Kier alpha value is -1.45. The van der Waals surface area contributed by atoms with Gasteiger partial charge in [-0.1, -0.05) is 0 Å². The van der Waals surface area contributed by atoms with Crippen LogP contribution in [0.5, 0.6) is 5.88 Å². The van der Waals surface area contributed by atoms with Crippen molar-refractivity contribution in [3.63, 3.8) is 0 Å².